The third kappa shape index (κ3) is 4.59. The maximum absolute atomic E-state index is 12.4. The van der Waals surface area contributed by atoms with Crippen molar-refractivity contribution >= 4 is 17.1 Å². The summed E-state index contributed by atoms with van der Waals surface area (Å²) in [4.78, 5) is 19.3. The highest BCUT2D eigenvalue weighted by molar-refractivity contribution is 7.09. The van der Waals surface area contributed by atoms with Crippen molar-refractivity contribution in [3.63, 3.8) is 0 Å². The summed E-state index contributed by atoms with van der Waals surface area (Å²) in [5.41, 5.74) is 1.10. The summed E-state index contributed by atoms with van der Waals surface area (Å²) in [6.07, 6.45) is 1.22. The van der Waals surface area contributed by atoms with Crippen LogP contribution in [0.1, 0.15) is 44.8 Å². The minimum Gasteiger partial charge on any atom is -0.368 e. The molecule has 1 aromatic heterocycles. The number of rotatable bonds is 5. The minimum atomic E-state index is -0.285. The third-order valence-electron chi connectivity index (χ3n) is 3.70. The average Bonchev–Trinajstić information content (AvgIpc) is 2.88. The molecule has 1 aromatic rings. The number of nitrogens with zero attached hydrogens (tertiary/aromatic N) is 2. The van der Waals surface area contributed by atoms with E-state index in [-0.39, 0.29) is 17.3 Å². The summed E-state index contributed by atoms with van der Waals surface area (Å²) >= 11 is 1.58. The molecule has 0 spiro atoms. The Morgan fingerprint density at radius 3 is 2.90 bits per heavy atom. The molecule has 5 heteroatoms. The predicted octanol–water partition coefficient (Wildman–Crippen LogP) is 2.66. The molecule has 0 bridgehead atoms. The average molecular weight is 310 g/mol. The molecule has 1 unspecified atom stereocenters. The number of hydrogen-bond donors (Lipinski definition) is 0. The van der Waals surface area contributed by atoms with Gasteiger partial charge in [0.05, 0.1) is 18.7 Å². The Hall–Kier alpha value is -0.780. The zero-order valence-electron chi connectivity index (χ0n) is 13.5. The van der Waals surface area contributed by atoms with Gasteiger partial charge in [-0.3, -0.25) is 9.69 Å². The van der Waals surface area contributed by atoms with E-state index in [1.54, 1.807) is 11.3 Å². The first kappa shape index (κ1) is 16.6. The second-order valence-electron chi connectivity index (χ2n) is 6.68. The summed E-state index contributed by atoms with van der Waals surface area (Å²) in [7, 11) is 0. The molecule has 21 heavy (non-hydrogen) atoms. The smallest absolute Gasteiger partial charge is 0.169 e. The van der Waals surface area contributed by atoms with Crippen molar-refractivity contribution in [2.75, 3.05) is 26.2 Å². The molecule has 118 valence electrons. The number of thiazole rings is 1. The molecule has 0 saturated carbocycles. The van der Waals surface area contributed by atoms with E-state index in [2.05, 4.69) is 43.0 Å². The van der Waals surface area contributed by atoms with Crippen molar-refractivity contribution < 1.29 is 9.53 Å². The van der Waals surface area contributed by atoms with Gasteiger partial charge in [0.2, 0.25) is 0 Å². The van der Waals surface area contributed by atoms with Gasteiger partial charge in [-0.2, -0.15) is 0 Å². The van der Waals surface area contributed by atoms with Gasteiger partial charge in [0.1, 0.15) is 11.1 Å². The first-order valence-corrected chi connectivity index (χ1v) is 8.59. The fourth-order valence-electron chi connectivity index (χ4n) is 2.42. The highest BCUT2D eigenvalue weighted by Gasteiger charge is 2.27. The Bertz CT molecular complexity index is 477. The summed E-state index contributed by atoms with van der Waals surface area (Å²) in [6, 6.07) is 0. The van der Waals surface area contributed by atoms with Crippen LogP contribution >= 0.6 is 11.3 Å². The van der Waals surface area contributed by atoms with Gasteiger partial charge in [0.25, 0.3) is 0 Å². The molecule has 0 aromatic carbocycles. The van der Waals surface area contributed by atoms with E-state index in [1.807, 2.05) is 0 Å². The van der Waals surface area contributed by atoms with E-state index in [0.29, 0.717) is 13.0 Å². The highest BCUT2D eigenvalue weighted by atomic mass is 32.1. The van der Waals surface area contributed by atoms with Gasteiger partial charge in [-0.05, 0) is 13.0 Å². The fourth-order valence-corrected chi connectivity index (χ4v) is 3.45. The third-order valence-corrected chi connectivity index (χ3v) is 4.54. The largest absolute Gasteiger partial charge is 0.368 e. The van der Waals surface area contributed by atoms with Gasteiger partial charge in [0, 0.05) is 23.9 Å². The topological polar surface area (TPSA) is 42.4 Å². The Morgan fingerprint density at radius 2 is 2.29 bits per heavy atom. The number of ether oxygens (including phenoxy) is 1. The second-order valence-corrected chi connectivity index (χ2v) is 7.62. The lowest BCUT2D eigenvalue weighted by molar-refractivity contribution is -0.135. The number of carbonyl (C=O) groups is 1. The van der Waals surface area contributed by atoms with E-state index >= 15 is 0 Å². The number of ketones is 1. The van der Waals surface area contributed by atoms with Crippen molar-refractivity contribution in [2.24, 2.45) is 0 Å². The summed E-state index contributed by atoms with van der Waals surface area (Å²) < 4.78 is 5.65. The molecule has 1 aliphatic rings. The van der Waals surface area contributed by atoms with Crippen LogP contribution in [-0.2, 0) is 21.4 Å². The van der Waals surface area contributed by atoms with Crippen molar-refractivity contribution in [2.45, 2.75) is 52.1 Å². The van der Waals surface area contributed by atoms with Crippen LogP contribution in [-0.4, -0.2) is 48.0 Å². The summed E-state index contributed by atoms with van der Waals surface area (Å²) in [5.74, 6) is 0.158. The van der Waals surface area contributed by atoms with Crippen molar-refractivity contribution in [1.82, 2.24) is 9.88 Å². The zero-order chi connectivity index (χ0) is 15.5. The van der Waals surface area contributed by atoms with Crippen LogP contribution in [0.5, 0.6) is 0 Å². The number of carbonyl (C=O) groups excluding carboxylic acids is 1. The number of Topliss-reactive ketones (excluding diaryl/α,β-unsaturated/α-hetero) is 1. The number of aromatic nitrogens is 1. The molecule has 2 heterocycles. The molecule has 4 nitrogen and oxygen atoms in total. The van der Waals surface area contributed by atoms with Gasteiger partial charge < -0.3 is 4.74 Å². The van der Waals surface area contributed by atoms with Gasteiger partial charge in [-0.25, -0.2) is 4.98 Å². The second kappa shape index (κ2) is 6.99. The van der Waals surface area contributed by atoms with Crippen LogP contribution in [0.2, 0.25) is 0 Å². The quantitative estimate of drug-likeness (QED) is 0.838. The van der Waals surface area contributed by atoms with E-state index in [1.165, 1.54) is 0 Å². The molecule has 0 amide bonds. The summed E-state index contributed by atoms with van der Waals surface area (Å²) in [6.45, 7) is 11.9. The van der Waals surface area contributed by atoms with Crippen molar-refractivity contribution in [1.29, 1.82) is 0 Å². The molecule has 1 fully saturated rings. The Labute approximate surface area is 131 Å². The first-order valence-electron chi connectivity index (χ1n) is 7.71. The molecule has 0 aliphatic carbocycles. The van der Waals surface area contributed by atoms with E-state index < -0.39 is 0 Å². The SMILES string of the molecule is CCCN1CCOC(C(=O)Cc2nc(C(C)(C)C)cs2)C1. The van der Waals surface area contributed by atoms with Crippen LogP contribution < -0.4 is 0 Å². The lowest BCUT2D eigenvalue weighted by atomic mass is 9.93. The maximum atomic E-state index is 12.4. The fraction of sp³-hybridized carbons (Fsp3) is 0.750. The van der Waals surface area contributed by atoms with E-state index in [9.17, 15) is 4.79 Å². The Balaban J connectivity index is 1.93. The zero-order valence-corrected chi connectivity index (χ0v) is 14.3. The van der Waals surface area contributed by atoms with Crippen LogP contribution in [0, 0.1) is 0 Å². The van der Waals surface area contributed by atoms with Crippen LogP contribution in [0.4, 0.5) is 0 Å². The molecular weight excluding hydrogens is 284 g/mol. The van der Waals surface area contributed by atoms with Crippen LogP contribution in [0.3, 0.4) is 0 Å². The van der Waals surface area contributed by atoms with Crippen molar-refractivity contribution in [3.8, 4) is 0 Å². The summed E-state index contributed by atoms with van der Waals surface area (Å²) in [5, 5.41) is 2.97. The van der Waals surface area contributed by atoms with Gasteiger partial charge in [-0.1, -0.05) is 27.7 Å². The molecule has 1 aliphatic heterocycles. The standard InChI is InChI=1S/C16H26N2O2S/c1-5-6-18-7-8-20-13(10-18)12(19)9-15-17-14(11-21-15)16(2,3)4/h11,13H,5-10H2,1-4H3. The van der Waals surface area contributed by atoms with Crippen LogP contribution in [0.15, 0.2) is 5.38 Å². The maximum Gasteiger partial charge on any atom is 0.169 e. The molecule has 1 atom stereocenters. The minimum absolute atomic E-state index is 0.0388. The molecule has 2 rings (SSSR count). The Kier molecular flexibility index (Phi) is 5.52. The predicted molar refractivity (Wildman–Crippen MR) is 86.0 cm³/mol. The first-order chi connectivity index (χ1) is 9.90. The lowest BCUT2D eigenvalue weighted by Crippen LogP contribution is -2.46. The van der Waals surface area contributed by atoms with E-state index in [0.717, 1.165) is 36.8 Å². The molecule has 1 saturated heterocycles. The normalized spacial score (nSPS) is 20.7. The molecular formula is C16H26N2O2S. The lowest BCUT2D eigenvalue weighted by Gasteiger charge is -2.31. The number of hydrogen-bond acceptors (Lipinski definition) is 5. The van der Waals surface area contributed by atoms with Gasteiger partial charge in [-0.15, -0.1) is 11.3 Å². The molecule has 0 N–H and O–H groups in total. The van der Waals surface area contributed by atoms with Gasteiger partial charge >= 0.3 is 0 Å². The molecule has 0 radical (unpaired) electrons. The number of morpholine rings is 1. The Morgan fingerprint density at radius 1 is 1.52 bits per heavy atom. The van der Waals surface area contributed by atoms with Crippen molar-refractivity contribution in [3.05, 3.63) is 16.1 Å². The highest BCUT2D eigenvalue weighted by Crippen LogP contribution is 2.24. The van der Waals surface area contributed by atoms with Gasteiger partial charge in [0.15, 0.2) is 5.78 Å². The van der Waals surface area contributed by atoms with E-state index in [4.69, 9.17) is 4.74 Å². The van der Waals surface area contributed by atoms with Crippen LogP contribution in [0.25, 0.3) is 0 Å². The monoisotopic (exact) mass is 310 g/mol.